The van der Waals surface area contributed by atoms with Crippen LogP contribution >= 0.6 is 0 Å². The summed E-state index contributed by atoms with van der Waals surface area (Å²) >= 11 is 0. The van der Waals surface area contributed by atoms with E-state index in [1.807, 2.05) is 24.3 Å². The van der Waals surface area contributed by atoms with Crippen LogP contribution in [0.15, 0.2) is 48.5 Å². The SMILES string of the molecule is COc1ccc2c(c1)CCc1c-2c(O)cc(O)c1-c1c(OC)cc(O)c2c1CCc1cc(O)ccc1-2. The van der Waals surface area contributed by atoms with E-state index in [2.05, 4.69) is 0 Å². The number of phenols is 4. The lowest BCUT2D eigenvalue weighted by Gasteiger charge is -2.29. The third-order valence-electron chi connectivity index (χ3n) is 7.46. The zero-order valence-electron chi connectivity index (χ0n) is 20.1. The number of benzene rings is 4. The largest absolute Gasteiger partial charge is 0.508 e. The first-order chi connectivity index (χ1) is 17.4. The van der Waals surface area contributed by atoms with Gasteiger partial charge in [0.2, 0.25) is 0 Å². The maximum absolute atomic E-state index is 11.2. The van der Waals surface area contributed by atoms with Gasteiger partial charge in [-0.2, -0.15) is 0 Å². The Morgan fingerprint density at radius 1 is 0.556 bits per heavy atom. The summed E-state index contributed by atoms with van der Waals surface area (Å²) in [6.45, 7) is 0. The lowest BCUT2D eigenvalue weighted by Crippen LogP contribution is -2.10. The number of rotatable bonds is 3. The maximum Gasteiger partial charge on any atom is 0.130 e. The van der Waals surface area contributed by atoms with Crippen molar-refractivity contribution in [1.82, 2.24) is 0 Å². The van der Waals surface area contributed by atoms with Crippen LogP contribution in [-0.4, -0.2) is 34.6 Å². The number of hydrogen-bond acceptors (Lipinski definition) is 6. The fourth-order valence-electron chi connectivity index (χ4n) is 5.92. The molecule has 0 radical (unpaired) electrons. The third kappa shape index (κ3) is 3.18. The van der Waals surface area contributed by atoms with E-state index in [0.717, 1.165) is 51.1 Å². The number of hydrogen-bond donors (Lipinski definition) is 4. The zero-order chi connectivity index (χ0) is 25.1. The van der Waals surface area contributed by atoms with Crippen molar-refractivity contribution in [2.24, 2.45) is 0 Å². The van der Waals surface area contributed by atoms with Gasteiger partial charge in [0, 0.05) is 34.4 Å². The highest BCUT2D eigenvalue weighted by Crippen LogP contribution is 2.55. The van der Waals surface area contributed by atoms with Crippen LogP contribution in [0.4, 0.5) is 0 Å². The minimum absolute atomic E-state index is 0.0183. The van der Waals surface area contributed by atoms with Crippen LogP contribution < -0.4 is 9.47 Å². The predicted molar refractivity (Wildman–Crippen MR) is 137 cm³/mol. The second-order valence-electron chi connectivity index (χ2n) is 9.33. The van der Waals surface area contributed by atoms with E-state index in [0.29, 0.717) is 41.7 Å². The first kappa shape index (κ1) is 22.2. The van der Waals surface area contributed by atoms with Crippen molar-refractivity contribution in [3.63, 3.8) is 0 Å². The minimum Gasteiger partial charge on any atom is -0.508 e. The molecule has 4 aromatic carbocycles. The second-order valence-corrected chi connectivity index (χ2v) is 9.33. The Labute approximate surface area is 208 Å². The Hall–Kier alpha value is -4.32. The number of methoxy groups -OCH3 is 2. The Morgan fingerprint density at radius 2 is 1.14 bits per heavy atom. The summed E-state index contributed by atoms with van der Waals surface area (Å²) in [5.41, 5.74) is 8.18. The molecule has 0 bridgehead atoms. The molecule has 0 heterocycles. The highest BCUT2D eigenvalue weighted by molar-refractivity contribution is 5.95. The van der Waals surface area contributed by atoms with Crippen LogP contribution in [0.2, 0.25) is 0 Å². The summed E-state index contributed by atoms with van der Waals surface area (Å²) < 4.78 is 11.1. The monoisotopic (exact) mass is 482 g/mol. The van der Waals surface area contributed by atoms with Crippen molar-refractivity contribution in [2.75, 3.05) is 14.2 Å². The summed E-state index contributed by atoms with van der Waals surface area (Å²) in [6.07, 6.45) is 2.59. The standard InChI is InChI=1S/C30H26O6/c1-35-18-6-10-20-16(12-18)4-7-21-27(20)23(32)13-24(33)29(21)30-22-8-3-15-11-17(31)5-9-19(15)28(22)25(34)14-26(30)36-2/h5-6,9-14,31-34H,3-4,7-8H2,1-2H3. The zero-order valence-corrected chi connectivity index (χ0v) is 20.1. The van der Waals surface area contributed by atoms with Crippen molar-refractivity contribution in [2.45, 2.75) is 25.7 Å². The average molecular weight is 483 g/mol. The molecule has 6 heteroatoms. The van der Waals surface area contributed by atoms with E-state index >= 15 is 0 Å². The Balaban J connectivity index is 1.66. The van der Waals surface area contributed by atoms with Gasteiger partial charge in [0.15, 0.2) is 0 Å². The van der Waals surface area contributed by atoms with Crippen molar-refractivity contribution in [1.29, 1.82) is 0 Å². The van der Waals surface area contributed by atoms with Crippen LogP contribution in [-0.2, 0) is 25.7 Å². The second kappa shape index (κ2) is 8.12. The fraction of sp³-hybridized carbons (Fsp3) is 0.200. The molecule has 0 aliphatic heterocycles. The van der Waals surface area contributed by atoms with Gasteiger partial charge in [0.05, 0.1) is 14.2 Å². The van der Waals surface area contributed by atoms with E-state index in [-0.39, 0.29) is 23.0 Å². The molecular formula is C30H26O6. The molecule has 0 fully saturated rings. The highest BCUT2D eigenvalue weighted by atomic mass is 16.5. The predicted octanol–water partition coefficient (Wildman–Crippen LogP) is 5.72. The minimum atomic E-state index is -0.0362. The van der Waals surface area contributed by atoms with Gasteiger partial charge in [-0.3, -0.25) is 0 Å². The van der Waals surface area contributed by atoms with E-state index in [4.69, 9.17) is 9.47 Å². The molecular weight excluding hydrogens is 456 g/mol. The summed E-state index contributed by atoms with van der Waals surface area (Å²) in [5.74, 6) is 1.47. The first-order valence-electron chi connectivity index (χ1n) is 11.9. The molecule has 0 saturated carbocycles. The summed E-state index contributed by atoms with van der Waals surface area (Å²) in [4.78, 5) is 0. The number of phenolic OH excluding ortho intramolecular Hbond substituents is 4. The van der Waals surface area contributed by atoms with Gasteiger partial charge >= 0.3 is 0 Å². The van der Waals surface area contributed by atoms with Gasteiger partial charge in [-0.05, 0) is 83.3 Å². The van der Waals surface area contributed by atoms with E-state index in [9.17, 15) is 20.4 Å². The Morgan fingerprint density at radius 3 is 1.81 bits per heavy atom. The average Bonchev–Trinajstić information content (AvgIpc) is 2.88. The molecule has 0 unspecified atom stereocenters. The van der Waals surface area contributed by atoms with Crippen LogP contribution in [0, 0.1) is 0 Å². The van der Waals surface area contributed by atoms with Crippen molar-refractivity contribution < 1.29 is 29.9 Å². The van der Waals surface area contributed by atoms with Crippen molar-refractivity contribution >= 4 is 0 Å². The Kier molecular flexibility index (Phi) is 5.00. The molecule has 6 nitrogen and oxygen atoms in total. The van der Waals surface area contributed by atoms with Gasteiger partial charge in [-0.1, -0.05) is 12.1 Å². The number of fused-ring (bicyclic) bond motifs is 6. The lowest BCUT2D eigenvalue weighted by atomic mass is 9.76. The van der Waals surface area contributed by atoms with E-state index in [1.54, 1.807) is 32.4 Å². The summed E-state index contributed by atoms with van der Waals surface area (Å²) in [5, 5.41) is 43.2. The molecule has 4 aromatic rings. The molecule has 182 valence electrons. The normalized spacial score (nSPS) is 13.3. The van der Waals surface area contributed by atoms with E-state index in [1.165, 1.54) is 6.07 Å². The summed E-state index contributed by atoms with van der Waals surface area (Å²) in [6, 6.07) is 13.9. The van der Waals surface area contributed by atoms with Crippen molar-refractivity contribution in [3.05, 3.63) is 70.8 Å². The smallest absolute Gasteiger partial charge is 0.130 e. The highest BCUT2D eigenvalue weighted by Gasteiger charge is 2.32. The molecule has 0 atom stereocenters. The number of aromatic hydroxyl groups is 4. The van der Waals surface area contributed by atoms with Crippen LogP contribution in [0.25, 0.3) is 33.4 Å². The molecule has 0 aromatic heterocycles. The van der Waals surface area contributed by atoms with Gasteiger partial charge in [0.1, 0.15) is 34.5 Å². The molecule has 0 amide bonds. The molecule has 6 rings (SSSR count). The number of ether oxygens (including phenoxy) is 2. The lowest BCUT2D eigenvalue weighted by molar-refractivity contribution is 0.407. The molecule has 4 N–H and O–H groups in total. The van der Waals surface area contributed by atoms with Crippen LogP contribution in [0.3, 0.4) is 0 Å². The molecule has 2 aliphatic carbocycles. The quantitative estimate of drug-likeness (QED) is 0.298. The molecule has 0 saturated heterocycles. The maximum atomic E-state index is 11.2. The van der Waals surface area contributed by atoms with Gasteiger partial charge < -0.3 is 29.9 Å². The topological polar surface area (TPSA) is 99.4 Å². The van der Waals surface area contributed by atoms with Crippen LogP contribution in [0.5, 0.6) is 34.5 Å². The number of aryl methyl sites for hydroxylation is 2. The van der Waals surface area contributed by atoms with Crippen molar-refractivity contribution in [3.8, 4) is 67.9 Å². The molecule has 2 aliphatic rings. The van der Waals surface area contributed by atoms with Gasteiger partial charge in [-0.15, -0.1) is 0 Å². The fourth-order valence-corrected chi connectivity index (χ4v) is 5.92. The third-order valence-corrected chi connectivity index (χ3v) is 7.46. The summed E-state index contributed by atoms with van der Waals surface area (Å²) in [7, 11) is 3.18. The molecule has 36 heavy (non-hydrogen) atoms. The van der Waals surface area contributed by atoms with E-state index < -0.39 is 0 Å². The molecule has 0 spiro atoms. The van der Waals surface area contributed by atoms with Gasteiger partial charge in [-0.25, -0.2) is 0 Å². The Bertz CT molecular complexity index is 1550. The first-order valence-corrected chi connectivity index (χ1v) is 11.9. The van der Waals surface area contributed by atoms with Crippen LogP contribution in [0.1, 0.15) is 22.3 Å². The van der Waals surface area contributed by atoms with Gasteiger partial charge in [0.25, 0.3) is 0 Å².